The SMILES string of the molecule is CCCNC(=O)c1nn(-c2ccc(C)cc2)c(Oc2ccc([N+](=O)[O-])cc2S(=O)(=O)N[C@@H](C)CC)c1C. The highest BCUT2D eigenvalue weighted by Gasteiger charge is 2.28. The highest BCUT2D eigenvalue weighted by atomic mass is 32.2. The first-order valence-corrected chi connectivity index (χ1v) is 13.4. The highest BCUT2D eigenvalue weighted by Crippen LogP contribution is 2.35. The van der Waals surface area contributed by atoms with Crippen LogP contribution in [0.2, 0.25) is 0 Å². The number of non-ortho nitro benzene ring substituents is 1. The van der Waals surface area contributed by atoms with Gasteiger partial charge in [-0.3, -0.25) is 14.9 Å². The third kappa shape index (κ3) is 6.33. The lowest BCUT2D eigenvalue weighted by atomic mass is 10.2. The number of carbonyl (C=O) groups is 1. The van der Waals surface area contributed by atoms with E-state index >= 15 is 0 Å². The van der Waals surface area contributed by atoms with Gasteiger partial charge in [-0.05, 0) is 51.8 Å². The van der Waals surface area contributed by atoms with Crippen LogP contribution in [0.3, 0.4) is 0 Å². The Kier molecular flexibility index (Phi) is 8.66. The minimum absolute atomic E-state index is 0.111. The largest absolute Gasteiger partial charge is 0.437 e. The fourth-order valence-electron chi connectivity index (χ4n) is 3.42. The molecule has 0 saturated heterocycles. The van der Waals surface area contributed by atoms with E-state index in [0.29, 0.717) is 24.2 Å². The molecule has 12 heteroatoms. The van der Waals surface area contributed by atoms with Gasteiger partial charge in [-0.1, -0.05) is 31.5 Å². The summed E-state index contributed by atoms with van der Waals surface area (Å²) < 4.78 is 36.4. The second kappa shape index (κ2) is 11.5. The molecule has 1 amide bonds. The topological polar surface area (TPSA) is 145 Å². The van der Waals surface area contributed by atoms with Crippen LogP contribution >= 0.6 is 0 Å². The Hall–Kier alpha value is -3.77. The summed E-state index contributed by atoms with van der Waals surface area (Å²) in [7, 11) is -4.18. The molecule has 0 spiro atoms. The van der Waals surface area contributed by atoms with Crippen molar-refractivity contribution >= 4 is 21.6 Å². The fourth-order valence-corrected chi connectivity index (χ4v) is 4.89. The zero-order chi connectivity index (χ0) is 27.3. The van der Waals surface area contributed by atoms with E-state index in [-0.39, 0.29) is 17.3 Å². The van der Waals surface area contributed by atoms with Crippen LogP contribution < -0.4 is 14.8 Å². The Labute approximate surface area is 216 Å². The molecule has 0 aliphatic rings. The number of nitro benzene ring substituents is 1. The van der Waals surface area contributed by atoms with Crippen LogP contribution in [-0.4, -0.2) is 41.6 Å². The maximum Gasteiger partial charge on any atom is 0.272 e. The van der Waals surface area contributed by atoms with Crippen molar-refractivity contribution in [1.82, 2.24) is 19.8 Å². The molecule has 2 aromatic carbocycles. The van der Waals surface area contributed by atoms with Gasteiger partial charge in [0, 0.05) is 30.3 Å². The lowest BCUT2D eigenvalue weighted by molar-refractivity contribution is -0.385. The van der Waals surface area contributed by atoms with E-state index in [0.717, 1.165) is 24.1 Å². The molecule has 37 heavy (non-hydrogen) atoms. The Balaban J connectivity index is 2.19. The average Bonchev–Trinajstić information content (AvgIpc) is 3.18. The third-order valence-corrected chi connectivity index (χ3v) is 7.31. The van der Waals surface area contributed by atoms with Crippen molar-refractivity contribution in [2.75, 3.05) is 6.54 Å². The number of nitrogens with zero attached hydrogens (tertiary/aromatic N) is 3. The molecule has 0 saturated carbocycles. The Morgan fingerprint density at radius 3 is 2.43 bits per heavy atom. The molecule has 3 aromatic rings. The van der Waals surface area contributed by atoms with Gasteiger partial charge in [0.2, 0.25) is 15.9 Å². The number of rotatable bonds is 11. The molecule has 0 radical (unpaired) electrons. The van der Waals surface area contributed by atoms with Crippen LogP contribution in [0, 0.1) is 24.0 Å². The van der Waals surface area contributed by atoms with Crippen molar-refractivity contribution < 1.29 is 22.9 Å². The van der Waals surface area contributed by atoms with E-state index in [1.54, 1.807) is 26.0 Å². The van der Waals surface area contributed by atoms with Gasteiger partial charge in [-0.15, -0.1) is 0 Å². The second-order valence-electron chi connectivity index (χ2n) is 8.70. The predicted octanol–water partition coefficient (Wildman–Crippen LogP) is 4.41. The molecule has 0 fully saturated rings. The summed E-state index contributed by atoms with van der Waals surface area (Å²) in [6.45, 7) is 9.46. The average molecular weight is 530 g/mol. The van der Waals surface area contributed by atoms with Gasteiger partial charge in [0.1, 0.15) is 10.6 Å². The van der Waals surface area contributed by atoms with E-state index in [1.807, 2.05) is 32.9 Å². The monoisotopic (exact) mass is 529 g/mol. The van der Waals surface area contributed by atoms with Crippen LogP contribution in [0.4, 0.5) is 5.69 Å². The molecule has 3 rings (SSSR count). The van der Waals surface area contributed by atoms with Crippen molar-refractivity contribution in [3.63, 3.8) is 0 Å². The molecular weight excluding hydrogens is 498 g/mol. The molecule has 0 aliphatic heterocycles. The lowest BCUT2D eigenvalue weighted by Crippen LogP contribution is -2.32. The Morgan fingerprint density at radius 2 is 1.84 bits per heavy atom. The number of hydrogen-bond donors (Lipinski definition) is 2. The van der Waals surface area contributed by atoms with Gasteiger partial charge < -0.3 is 10.1 Å². The number of hydrogen-bond acceptors (Lipinski definition) is 7. The van der Waals surface area contributed by atoms with Crippen LogP contribution in [0.1, 0.15) is 55.2 Å². The van der Waals surface area contributed by atoms with Gasteiger partial charge in [0.05, 0.1) is 10.6 Å². The zero-order valence-corrected chi connectivity index (χ0v) is 22.3. The summed E-state index contributed by atoms with van der Waals surface area (Å²) in [6, 6.07) is 10.2. The third-order valence-electron chi connectivity index (χ3n) is 5.70. The van der Waals surface area contributed by atoms with Crippen molar-refractivity contribution in [3.8, 4) is 17.3 Å². The van der Waals surface area contributed by atoms with E-state index in [9.17, 15) is 23.3 Å². The summed E-state index contributed by atoms with van der Waals surface area (Å²) >= 11 is 0. The number of aromatic nitrogens is 2. The Morgan fingerprint density at radius 1 is 1.16 bits per heavy atom. The second-order valence-corrected chi connectivity index (χ2v) is 10.4. The number of nitro groups is 1. The molecule has 1 heterocycles. The summed E-state index contributed by atoms with van der Waals surface area (Å²) in [5.74, 6) is -0.428. The molecule has 2 N–H and O–H groups in total. The number of ether oxygens (including phenoxy) is 1. The van der Waals surface area contributed by atoms with E-state index in [1.165, 1.54) is 10.7 Å². The molecule has 198 valence electrons. The van der Waals surface area contributed by atoms with E-state index in [2.05, 4.69) is 15.1 Å². The van der Waals surface area contributed by atoms with Crippen LogP contribution in [0.15, 0.2) is 47.4 Å². The first kappa shape index (κ1) is 27.8. The molecule has 11 nitrogen and oxygen atoms in total. The molecule has 1 aromatic heterocycles. The van der Waals surface area contributed by atoms with Crippen LogP contribution in [0.5, 0.6) is 11.6 Å². The Bertz CT molecular complexity index is 1400. The standard InChI is InChI=1S/C25H31N5O6S/c1-6-14-26-24(31)23-18(5)25(29(27-23)19-10-8-16(3)9-11-19)36-21-13-12-20(30(32)33)15-22(21)37(34,35)28-17(4)7-2/h8-13,15,17,28H,6-7,14H2,1-5H3,(H,26,31)/t17-/m0/s1. The summed E-state index contributed by atoms with van der Waals surface area (Å²) in [6.07, 6.45) is 1.25. The molecule has 0 bridgehead atoms. The smallest absolute Gasteiger partial charge is 0.272 e. The van der Waals surface area contributed by atoms with Gasteiger partial charge >= 0.3 is 0 Å². The highest BCUT2D eigenvalue weighted by molar-refractivity contribution is 7.89. The van der Waals surface area contributed by atoms with Crippen molar-refractivity contribution in [2.24, 2.45) is 0 Å². The van der Waals surface area contributed by atoms with E-state index < -0.39 is 37.5 Å². The van der Waals surface area contributed by atoms with E-state index in [4.69, 9.17) is 4.74 Å². The quantitative estimate of drug-likeness (QED) is 0.276. The molecule has 0 unspecified atom stereocenters. The molecule has 1 atom stereocenters. The lowest BCUT2D eigenvalue weighted by Gasteiger charge is -2.16. The summed E-state index contributed by atoms with van der Waals surface area (Å²) in [4.78, 5) is 23.1. The number of amides is 1. The first-order chi connectivity index (χ1) is 17.5. The van der Waals surface area contributed by atoms with Gasteiger partial charge in [0.25, 0.3) is 11.6 Å². The summed E-state index contributed by atoms with van der Waals surface area (Å²) in [5, 5.41) is 18.7. The minimum atomic E-state index is -4.18. The van der Waals surface area contributed by atoms with Crippen molar-refractivity contribution in [2.45, 2.75) is 58.4 Å². The maximum atomic E-state index is 13.2. The zero-order valence-electron chi connectivity index (χ0n) is 21.4. The molecule has 0 aliphatic carbocycles. The van der Waals surface area contributed by atoms with Crippen molar-refractivity contribution in [3.05, 3.63) is 69.4 Å². The van der Waals surface area contributed by atoms with Crippen LogP contribution in [-0.2, 0) is 10.0 Å². The number of benzene rings is 2. The normalized spacial score (nSPS) is 12.2. The van der Waals surface area contributed by atoms with Crippen LogP contribution in [0.25, 0.3) is 5.69 Å². The van der Waals surface area contributed by atoms with Gasteiger partial charge in [-0.25, -0.2) is 13.1 Å². The number of aryl methyl sites for hydroxylation is 1. The van der Waals surface area contributed by atoms with Gasteiger partial charge in [-0.2, -0.15) is 9.78 Å². The van der Waals surface area contributed by atoms with Crippen molar-refractivity contribution in [1.29, 1.82) is 0 Å². The first-order valence-electron chi connectivity index (χ1n) is 11.9. The molecular formula is C25H31N5O6S. The van der Waals surface area contributed by atoms with Gasteiger partial charge in [0.15, 0.2) is 5.69 Å². The summed E-state index contributed by atoms with van der Waals surface area (Å²) in [5.41, 5.74) is 1.69. The number of carbonyl (C=O) groups excluding carboxylic acids is 1. The number of sulfonamides is 1. The predicted molar refractivity (Wildman–Crippen MR) is 139 cm³/mol. The maximum absolute atomic E-state index is 13.2. The fraction of sp³-hybridized carbons (Fsp3) is 0.360. The number of nitrogens with one attached hydrogen (secondary N) is 2. The minimum Gasteiger partial charge on any atom is -0.437 e.